The zero-order valence-corrected chi connectivity index (χ0v) is 13.8. The number of hydrogen-bond acceptors (Lipinski definition) is 3. The zero-order valence-electron chi connectivity index (χ0n) is 12.2. The van der Waals surface area contributed by atoms with Crippen LogP contribution in [0.2, 0.25) is 0 Å². The first-order valence-corrected chi connectivity index (χ1v) is 7.71. The molecular formula is C15H25BrN2O. The third kappa shape index (κ3) is 6.52. The van der Waals surface area contributed by atoms with Gasteiger partial charge in [0.25, 0.3) is 0 Å². The minimum absolute atomic E-state index is 0.788. The number of nitrogens with zero attached hydrogens (tertiary/aromatic N) is 1. The number of halogens is 1. The Labute approximate surface area is 125 Å². The van der Waals surface area contributed by atoms with E-state index >= 15 is 0 Å². The first kappa shape index (κ1) is 16.6. The van der Waals surface area contributed by atoms with Crippen LogP contribution in [0.1, 0.15) is 25.0 Å². The Kier molecular flexibility index (Phi) is 8.30. The van der Waals surface area contributed by atoms with E-state index in [1.54, 1.807) is 0 Å². The molecule has 0 aromatic heterocycles. The lowest BCUT2D eigenvalue weighted by atomic mass is 10.1. The lowest BCUT2D eigenvalue weighted by Gasteiger charge is -2.18. The van der Waals surface area contributed by atoms with E-state index in [-0.39, 0.29) is 0 Å². The van der Waals surface area contributed by atoms with Crippen molar-refractivity contribution in [3.8, 4) is 0 Å². The molecule has 0 saturated carbocycles. The van der Waals surface area contributed by atoms with Gasteiger partial charge >= 0.3 is 0 Å². The summed E-state index contributed by atoms with van der Waals surface area (Å²) >= 11 is 3.66. The van der Waals surface area contributed by atoms with Gasteiger partial charge in [-0.05, 0) is 37.7 Å². The van der Waals surface area contributed by atoms with Gasteiger partial charge in [-0.15, -0.1) is 0 Å². The molecule has 0 spiro atoms. The van der Waals surface area contributed by atoms with Crippen LogP contribution >= 0.6 is 15.9 Å². The summed E-state index contributed by atoms with van der Waals surface area (Å²) in [5.41, 5.74) is 2.63. The van der Waals surface area contributed by atoms with Crippen molar-refractivity contribution in [2.75, 3.05) is 33.4 Å². The Bertz CT molecular complexity index is 371. The third-order valence-electron chi connectivity index (χ3n) is 2.96. The molecule has 0 unspecified atom stereocenters. The Hall–Kier alpha value is -0.420. The lowest BCUT2D eigenvalue weighted by molar-refractivity contribution is 0.120. The van der Waals surface area contributed by atoms with Crippen LogP contribution in [0.15, 0.2) is 22.7 Å². The van der Waals surface area contributed by atoms with E-state index in [9.17, 15) is 0 Å². The molecule has 0 saturated heterocycles. The van der Waals surface area contributed by atoms with Crippen LogP contribution in [0.25, 0.3) is 0 Å². The Morgan fingerprint density at radius 1 is 1.32 bits per heavy atom. The van der Waals surface area contributed by atoms with Crippen molar-refractivity contribution in [1.82, 2.24) is 10.2 Å². The van der Waals surface area contributed by atoms with E-state index in [0.717, 1.165) is 39.4 Å². The standard InChI is InChI=1S/C15H25BrN2O/c1-4-17-11-13-6-7-14(15(16)10-13)12-18(3)8-9-19-5-2/h6-7,10,17H,4-5,8-9,11-12H2,1-3H3. The SMILES string of the molecule is CCNCc1ccc(CN(C)CCOCC)c(Br)c1. The quantitative estimate of drug-likeness (QED) is 0.705. The summed E-state index contributed by atoms with van der Waals surface area (Å²) in [4.78, 5) is 2.28. The number of likely N-dealkylation sites (N-methyl/N-ethyl adjacent to an activating group) is 1. The van der Waals surface area contributed by atoms with Gasteiger partial charge in [-0.3, -0.25) is 4.90 Å². The average Bonchev–Trinajstić information content (AvgIpc) is 2.39. The molecule has 0 fully saturated rings. The molecule has 0 heterocycles. The number of rotatable bonds is 9. The predicted molar refractivity (Wildman–Crippen MR) is 84.3 cm³/mol. The minimum Gasteiger partial charge on any atom is -0.380 e. The van der Waals surface area contributed by atoms with Crippen LogP contribution in [0.5, 0.6) is 0 Å². The molecule has 0 aliphatic carbocycles. The summed E-state index contributed by atoms with van der Waals surface area (Å²) in [5.74, 6) is 0. The number of benzene rings is 1. The maximum absolute atomic E-state index is 5.37. The fraction of sp³-hybridized carbons (Fsp3) is 0.600. The van der Waals surface area contributed by atoms with Gasteiger partial charge in [0.2, 0.25) is 0 Å². The van der Waals surface area contributed by atoms with Gasteiger partial charge in [0, 0.05) is 30.7 Å². The van der Waals surface area contributed by atoms with Gasteiger partial charge in [-0.25, -0.2) is 0 Å². The monoisotopic (exact) mass is 328 g/mol. The maximum Gasteiger partial charge on any atom is 0.0593 e. The van der Waals surface area contributed by atoms with E-state index in [2.05, 4.69) is 58.3 Å². The summed E-state index contributed by atoms with van der Waals surface area (Å²) < 4.78 is 6.56. The molecule has 3 nitrogen and oxygen atoms in total. The van der Waals surface area contributed by atoms with Crippen LogP contribution in [0.4, 0.5) is 0 Å². The largest absolute Gasteiger partial charge is 0.380 e. The summed E-state index contributed by atoms with van der Waals surface area (Å²) in [6.45, 7) is 9.56. The predicted octanol–water partition coefficient (Wildman–Crippen LogP) is 3.03. The molecule has 0 atom stereocenters. The second-order valence-corrected chi connectivity index (χ2v) is 5.50. The normalized spacial score (nSPS) is 11.2. The fourth-order valence-corrected chi connectivity index (χ4v) is 2.38. The third-order valence-corrected chi connectivity index (χ3v) is 3.70. The van der Waals surface area contributed by atoms with Crippen LogP contribution in [-0.2, 0) is 17.8 Å². The highest BCUT2D eigenvalue weighted by Gasteiger charge is 2.05. The number of nitrogens with one attached hydrogen (secondary N) is 1. The van der Waals surface area contributed by atoms with Crippen molar-refractivity contribution >= 4 is 15.9 Å². The van der Waals surface area contributed by atoms with Crippen LogP contribution in [0, 0.1) is 0 Å². The highest BCUT2D eigenvalue weighted by Crippen LogP contribution is 2.20. The van der Waals surface area contributed by atoms with Gasteiger partial charge < -0.3 is 10.1 Å². The van der Waals surface area contributed by atoms with Crippen molar-refractivity contribution in [1.29, 1.82) is 0 Å². The molecule has 0 aliphatic heterocycles. The highest BCUT2D eigenvalue weighted by atomic mass is 79.9. The molecule has 4 heteroatoms. The Balaban J connectivity index is 2.49. The van der Waals surface area contributed by atoms with E-state index < -0.39 is 0 Å². The first-order valence-electron chi connectivity index (χ1n) is 6.91. The molecule has 0 radical (unpaired) electrons. The van der Waals surface area contributed by atoms with E-state index in [1.165, 1.54) is 15.6 Å². The van der Waals surface area contributed by atoms with Crippen LogP contribution in [0.3, 0.4) is 0 Å². The van der Waals surface area contributed by atoms with Crippen molar-refractivity contribution in [2.24, 2.45) is 0 Å². The van der Waals surface area contributed by atoms with Gasteiger partial charge in [-0.2, -0.15) is 0 Å². The Morgan fingerprint density at radius 3 is 2.74 bits per heavy atom. The van der Waals surface area contributed by atoms with Crippen molar-refractivity contribution < 1.29 is 4.74 Å². The average molecular weight is 329 g/mol. The summed E-state index contributed by atoms with van der Waals surface area (Å²) in [6.07, 6.45) is 0. The smallest absolute Gasteiger partial charge is 0.0593 e. The first-order chi connectivity index (χ1) is 9.17. The molecular weight excluding hydrogens is 304 g/mol. The molecule has 19 heavy (non-hydrogen) atoms. The molecule has 1 rings (SSSR count). The summed E-state index contributed by atoms with van der Waals surface area (Å²) in [6, 6.07) is 6.60. The molecule has 0 aliphatic rings. The van der Waals surface area contributed by atoms with Crippen molar-refractivity contribution in [3.05, 3.63) is 33.8 Å². The number of ether oxygens (including phenoxy) is 1. The second kappa shape index (κ2) is 9.48. The molecule has 1 aromatic carbocycles. The fourth-order valence-electron chi connectivity index (χ4n) is 1.83. The zero-order chi connectivity index (χ0) is 14.1. The topological polar surface area (TPSA) is 24.5 Å². The molecule has 108 valence electrons. The van der Waals surface area contributed by atoms with E-state index in [4.69, 9.17) is 4.74 Å². The highest BCUT2D eigenvalue weighted by molar-refractivity contribution is 9.10. The lowest BCUT2D eigenvalue weighted by Crippen LogP contribution is -2.23. The van der Waals surface area contributed by atoms with Crippen molar-refractivity contribution in [3.63, 3.8) is 0 Å². The molecule has 0 bridgehead atoms. The summed E-state index contributed by atoms with van der Waals surface area (Å²) in [5, 5.41) is 3.34. The van der Waals surface area contributed by atoms with E-state index in [1.807, 2.05) is 6.92 Å². The van der Waals surface area contributed by atoms with Crippen molar-refractivity contribution in [2.45, 2.75) is 26.9 Å². The van der Waals surface area contributed by atoms with E-state index in [0.29, 0.717) is 0 Å². The van der Waals surface area contributed by atoms with Crippen LogP contribution in [-0.4, -0.2) is 38.3 Å². The molecule has 0 amide bonds. The Morgan fingerprint density at radius 2 is 2.11 bits per heavy atom. The number of hydrogen-bond donors (Lipinski definition) is 1. The minimum atomic E-state index is 0.788. The molecule has 1 aromatic rings. The van der Waals surface area contributed by atoms with Gasteiger partial charge in [0.15, 0.2) is 0 Å². The van der Waals surface area contributed by atoms with Gasteiger partial charge in [-0.1, -0.05) is 35.0 Å². The van der Waals surface area contributed by atoms with Gasteiger partial charge in [0.05, 0.1) is 6.61 Å². The molecule has 1 N–H and O–H groups in total. The van der Waals surface area contributed by atoms with Crippen LogP contribution < -0.4 is 5.32 Å². The van der Waals surface area contributed by atoms with Gasteiger partial charge in [0.1, 0.15) is 0 Å². The second-order valence-electron chi connectivity index (χ2n) is 4.64. The summed E-state index contributed by atoms with van der Waals surface area (Å²) in [7, 11) is 2.12. The maximum atomic E-state index is 5.37.